The highest BCUT2D eigenvalue weighted by Crippen LogP contribution is 2.56. The van der Waals surface area contributed by atoms with E-state index in [0.29, 0.717) is 62.6 Å². The zero-order valence-electron chi connectivity index (χ0n) is 34.8. The minimum Gasteiger partial charge on any atom is -0.496 e. The molecule has 0 spiro atoms. The predicted octanol–water partition coefficient (Wildman–Crippen LogP) is 8.04. The van der Waals surface area contributed by atoms with Crippen LogP contribution >= 0.6 is 0 Å². The van der Waals surface area contributed by atoms with E-state index in [1.54, 1.807) is 28.4 Å². The minimum atomic E-state index is -1.32. The summed E-state index contributed by atoms with van der Waals surface area (Å²) >= 11 is 0. The Morgan fingerprint density at radius 2 is 0.583 bits per heavy atom. The zero-order chi connectivity index (χ0) is 42.5. The highest BCUT2D eigenvalue weighted by molar-refractivity contribution is 5.61. The fraction of sp³-hybridized carbons (Fsp3) is 0.280. The van der Waals surface area contributed by atoms with Crippen LogP contribution in [0.15, 0.2) is 158 Å². The van der Waals surface area contributed by atoms with Crippen molar-refractivity contribution < 1.29 is 48.1 Å². The first-order chi connectivity index (χ1) is 29.5. The van der Waals surface area contributed by atoms with Crippen LogP contribution in [-0.4, -0.2) is 91.5 Å². The monoisotopic (exact) mass is 816 g/mol. The summed E-state index contributed by atoms with van der Waals surface area (Å²) in [6.07, 6.45) is 0. The van der Waals surface area contributed by atoms with Crippen LogP contribution in [0, 0.1) is 0 Å². The molecule has 6 rings (SSSR count). The molecule has 0 amide bonds. The Balaban J connectivity index is 0.000000454. The molecule has 0 aliphatic carbocycles. The lowest BCUT2D eigenvalue weighted by atomic mass is 9.74. The quantitative estimate of drug-likeness (QED) is 0.0516. The first-order valence-corrected chi connectivity index (χ1v) is 19.9. The van der Waals surface area contributed by atoms with Crippen molar-refractivity contribution in [3.8, 4) is 23.0 Å². The molecular weight excluding hydrogens is 761 g/mol. The Bertz CT molecular complexity index is 1880. The maximum absolute atomic E-state index is 8.36. The Morgan fingerprint density at radius 1 is 0.333 bits per heavy atom. The summed E-state index contributed by atoms with van der Waals surface area (Å²) in [6, 6.07) is 52.4. The molecule has 0 saturated carbocycles. The highest BCUT2D eigenvalue weighted by atomic mass is 16.6. The van der Waals surface area contributed by atoms with Gasteiger partial charge in [-0.25, -0.2) is 0 Å². The molecule has 10 heteroatoms. The largest absolute Gasteiger partial charge is 0.496 e. The molecule has 0 unspecified atom stereocenters. The van der Waals surface area contributed by atoms with Gasteiger partial charge in [-0.3, -0.25) is 0 Å². The van der Waals surface area contributed by atoms with E-state index in [1.807, 2.05) is 109 Å². The molecule has 0 atom stereocenters. The van der Waals surface area contributed by atoms with Crippen LogP contribution in [0.3, 0.4) is 0 Å². The summed E-state index contributed by atoms with van der Waals surface area (Å²) in [5.41, 5.74) is 2.28. The average Bonchev–Trinajstić information content (AvgIpc) is 3.32. The number of ether oxygens (including phenoxy) is 8. The fourth-order valence-corrected chi connectivity index (χ4v) is 7.24. The van der Waals surface area contributed by atoms with Crippen molar-refractivity contribution in [2.75, 3.05) is 81.3 Å². The number of para-hydroxylation sites is 4. The molecule has 316 valence electrons. The molecule has 0 aromatic heterocycles. The number of methoxy groups -OCH3 is 4. The number of aliphatic hydroxyl groups is 2. The Kier molecular flexibility index (Phi) is 18.0. The second kappa shape index (κ2) is 23.8. The molecule has 0 saturated heterocycles. The lowest BCUT2D eigenvalue weighted by molar-refractivity contribution is -0.0842. The fourth-order valence-electron chi connectivity index (χ4n) is 7.24. The van der Waals surface area contributed by atoms with Crippen molar-refractivity contribution in [3.05, 3.63) is 191 Å². The van der Waals surface area contributed by atoms with Crippen molar-refractivity contribution in [2.45, 2.75) is 11.2 Å². The number of hydrogen-bond donors (Lipinski definition) is 2. The molecule has 0 aliphatic rings. The van der Waals surface area contributed by atoms with Gasteiger partial charge in [-0.1, -0.05) is 133 Å². The van der Waals surface area contributed by atoms with Gasteiger partial charge in [0.2, 0.25) is 0 Å². The van der Waals surface area contributed by atoms with Gasteiger partial charge in [0.1, 0.15) is 23.0 Å². The summed E-state index contributed by atoms with van der Waals surface area (Å²) in [5, 5.41) is 16.7. The van der Waals surface area contributed by atoms with Crippen LogP contribution < -0.4 is 18.9 Å². The second-order valence-corrected chi connectivity index (χ2v) is 13.3. The van der Waals surface area contributed by atoms with Crippen LogP contribution in [0.4, 0.5) is 0 Å². The SMILES string of the molecule is COc1ccccc1C(OC(c1ccccc1)(c1ccccc1OC)c1ccccc1OC)(c1ccccc1)c1ccccc1OC.OCCOCCOCCOCCO. The van der Waals surface area contributed by atoms with Gasteiger partial charge >= 0.3 is 0 Å². The molecule has 0 bridgehead atoms. The van der Waals surface area contributed by atoms with Crippen molar-refractivity contribution >= 4 is 0 Å². The Labute approximate surface area is 353 Å². The highest BCUT2D eigenvalue weighted by Gasteiger charge is 2.53. The van der Waals surface area contributed by atoms with Gasteiger partial charge in [0, 0.05) is 22.3 Å². The molecule has 60 heavy (non-hydrogen) atoms. The van der Waals surface area contributed by atoms with Crippen LogP contribution in [0.2, 0.25) is 0 Å². The maximum atomic E-state index is 8.36. The van der Waals surface area contributed by atoms with Crippen LogP contribution in [-0.2, 0) is 30.1 Å². The van der Waals surface area contributed by atoms with Gasteiger partial charge in [-0.2, -0.15) is 0 Å². The molecular formula is C50H56O10. The van der Waals surface area contributed by atoms with Gasteiger partial charge in [0.25, 0.3) is 0 Å². The summed E-state index contributed by atoms with van der Waals surface area (Å²) in [7, 11) is 6.73. The molecule has 2 N–H and O–H groups in total. The number of aliphatic hydroxyl groups excluding tert-OH is 2. The molecule has 0 aliphatic heterocycles. The molecule has 6 aromatic rings. The van der Waals surface area contributed by atoms with Crippen LogP contribution in [0.5, 0.6) is 23.0 Å². The van der Waals surface area contributed by atoms with E-state index in [0.717, 1.165) is 33.4 Å². The second-order valence-electron chi connectivity index (χ2n) is 13.3. The lowest BCUT2D eigenvalue weighted by Crippen LogP contribution is -2.45. The zero-order valence-corrected chi connectivity index (χ0v) is 34.8. The molecule has 10 nitrogen and oxygen atoms in total. The van der Waals surface area contributed by atoms with Crippen molar-refractivity contribution in [2.24, 2.45) is 0 Å². The van der Waals surface area contributed by atoms with Gasteiger partial charge in [-0.05, 0) is 35.4 Å². The molecule has 0 radical (unpaired) electrons. The van der Waals surface area contributed by atoms with Crippen LogP contribution in [0.25, 0.3) is 0 Å². The van der Waals surface area contributed by atoms with E-state index >= 15 is 0 Å². The van der Waals surface area contributed by atoms with E-state index in [1.165, 1.54) is 0 Å². The third-order valence-corrected chi connectivity index (χ3v) is 9.83. The molecule has 0 fully saturated rings. The van der Waals surface area contributed by atoms with Gasteiger partial charge in [0.05, 0.1) is 81.3 Å². The number of benzene rings is 6. The maximum Gasteiger partial charge on any atom is 0.153 e. The van der Waals surface area contributed by atoms with E-state index in [9.17, 15) is 0 Å². The van der Waals surface area contributed by atoms with E-state index in [2.05, 4.69) is 48.5 Å². The third-order valence-electron chi connectivity index (χ3n) is 9.83. The van der Waals surface area contributed by atoms with E-state index < -0.39 is 11.2 Å². The first-order valence-electron chi connectivity index (χ1n) is 19.9. The average molecular weight is 817 g/mol. The standard InChI is InChI=1S/C42H38O5.C8H18O5/c1-43-37-27-15-11-23-33(37)41(31-19-7-5-8-20-31,34-24-12-16-28-38(34)44-2)47-42(32-21-9-6-10-22-32,35-25-13-17-29-39(35)45-3)36-26-14-18-30-40(36)46-4;9-1-3-11-5-7-13-8-6-12-4-2-10/h5-30H,1-4H3;9-10H,1-8H2. The number of hydrogen-bond acceptors (Lipinski definition) is 10. The first kappa shape index (κ1) is 45.4. The van der Waals surface area contributed by atoms with Crippen LogP contribution in [0.1, 0.15) is 33.4 Å². The Morgan fingerprint density at radius 3 is 0.850 bits per heavy atom. The van der Waals surface area contributed by atoms with Crippen molar-refractivity contribution in [1.29, 1.82) is 0 Å². The van der Waals surface area contributed by atoms with Gasteiger partial charge in [-0.15, -0.1) is 0 Å². The van der Waals surface area contributed by atoms with Crippen molar-refractivity contribution in [3.63, 3.8) is 0 Å². The number of rotatable bonds is 22. The normalized spacial score (nSPS) is 11.3. The summed E-state index contributed by atoms with van der Waals surface area (Å²) in [4.78, 5) is 0. The van der Waals surface area contributed by atoms with Crippen molar-refractivity contribution in [1.82, 2.24) is 0 Å². The van der Waals surface area contributed by atoms with E-state index in [-0.39, 0.29) is 13.2 Å². The van der Waals surface area contributed by atoms with Gasteiger partial charge in [0.15, 0.2) is 11.2 Å². The Hall–Kier alpha value is -5.72. The molecule has 0 heterocycles. The van der Waals surface area contributed by atoms with Gasteiger partial charge < -0.3 is 48.1 Å². The third kappa shape index (κ3) is 10.5. The molecule has 6 aromatic carbocycles. The topological polar surface area (TPSA) is 114 Å². The lowest BCUT2D eigenvalue weighted by Gasteiger charge is -2.47. The predicted molar refractivity (Wildman–Crippen MR) is 232 cm³/mol. The summed E-state index contributed by atoms with van der Waals surface area (Å²) in [6.45, 7) is 2.76. The summed E-state index contributed by atoms with van der Waals surface area (Å²) in [5.74, 6) is 2.63. The summed E-state index contributed by atoms with van der Waals surface area (Å²) < 4.78 is 47.7. The van der Waals surface area contributed by atoms with E-state index in [4.69, 9.17) is 48.1 Å². The smallest absolute Gasteiger partial charge is 0.153 e. The minimum absolute atomic E-state index is 0.0413.